The molecule has 0 spiro atoms. The second kappa shape index (κ2) is 10.6. The lowest BCUT2D eigenvalue weighted by atomic mass is 10.1. The number of aryl methyl sites for hydroxylation is 1. The van der Waals surface area contributed by atoms with Crippen LogP contribution in [0, 0.1) is 11.3 Å². The molecule has 1 aliphatic rings. The monoisotopic (exact) mass is 532 g/mol. The molecule has 6 rings (SSSR count). The van der Waals surface area contributed by atoms with Gasteiger partial charge in [-0.25, -0.2) is 9.50 Å². The van der Waals surface area contributed by atoms with Gasteiger partial charge in [-0.2, -0.15) is 15.5 Å². The average Bonchev–Trinajstić information content (AvgIpc) is 3.60. The van der Waals surface area contributed by atoms with Crippen LogP contribution in [0.1, 0.15) is 11.1 Å². The minimum absolute atomic E-state index is 0.241. The number of pyridine rings is 2. The van der Waals surface area contributed by atoms with Gasteiger partial charge in [-0.15, -0.1) is 0 Å². The maximum absolute atomic E-state index is 12.8. The summed E-state index contributed by atoms with van der Waals surface area (Å²) in [5, 5.41) is 29.3. The molecule has 1 amide bonds. The van der Waals surface area contributed by atoms with E-state index in [4.69, 9.17) is 5.10 Å². The maximum Gasteiger partial charge on any atom is 0.251 e. The molecule has 5 aromatic rings. The van der Waals surface area contributed by atoms with Gasteiger partial charge in [-0.05, 0) is 23.8 Å². The molecule has 1 fully saturated rings. The zero-order chi connectivity index (χ0) is 27.6. The standard InChI is InChI=1S/C30H28N8O2/c1-35-19-24(18-33-35)23-7-9-26-25(16-31)29(34-38(26)20-23)22-8-10-28(32-17-22)36-11-13-37(14-12-36)30(40)27(39)15-21-5-3-2-4-6-21/h2-10,17-20,27,39H,11-15H2,1H3. The SMILES string of the molecule is Cn1cc(-c2ccc3c(C#N)c(-c4ccc(N5CCN(C(=O)C(O)Cc6ccccc6)CC5)nc4)nn3c2)cn1. The number of carbonyl (C=O) groups excluding carboxylic acids is 1. The highest BCUT2D eigenvalue weighted by Gasteiger charge is 2.27. The molecule has 1 aromatic carbocycles. The molecular weight excluding hydrogens is 504 g/mol. The topological polar surface area (TPSA) is 116 Å². The summed E-state index contributed by atoms with van der Waals surface area (Å²) in [6, 6.07) is 19.6. The van der Waals surface area contributed by atoms with Crippen molar-refractivity contribution in [3.8, 4) is 28.5 Å². The Labute approximate surface area is 231 Å². The van der Waals surface area contributed by atoms with E-state index in [0.717, 1.165) is 33.6 Å². The number of aliphatic hydroxyl groups is 1. The first-order chi connectivity index (χ1) is 19.5. The first kappa shape index (κ1) is 25.3. The van der Waals surface area contributed by atoms with E-state index in [9.17, 15) is 15.2 Å². The van der Waals surface area contributed by atoms with Crippen LogP contribution in [0.4, 0.5) is 5.82 Å². The number of aromatic nitrogens is 5. The minimum atomic E-state index is -1.05. The minimum Gasteiger partial charge on any atom is -0.383 e. The Morgan fingerprint density at radius 2 is 1.75 bits per heavy atom. The van der Waals surface area contributed by atoms with Crippen LogP contribution >= 0.6 is 0 Å². The number of aliphatic hydroxyl groups excluding tert-OH is 1. The van der Waals surface area contributed by atoms with Crippen LogP contribution in [0.3, 0.4) is 0 Å². The molecule has 200 valence electrons. The van der Waals surface area contributed by atoms with Crippen LogP contribution in [0.5, 0.6) is 0 Å². The molecule has 0 saturated carbocycles. The number of hydrogen-bond donors (Lipinski definition) is 1. The highest BCUT2D eigenvalue weighted by molar-refractivity contribution is 5.81. The summed E-state index contributed by atoms with van der Waals surface area (Å²) in [4.78, 5) is 21.3. The van der Waals surface area contributed by atoms with Crippen LogP contribution < -0.4 is 4.90 Å². The Kier molecular flexibility index (Phi) is 6.72. The molecule has 1 atom stereocenters. The first-order valence-electron chi connectivity index (χ1n) is 13.1. The van der Waals surface area contributed by atoms with Crippen molar-refractivity contribution in [3.05, 3.63) is 90.5 Å². The largest absolute Gasteiger partial charge is 0.383 e. The van der Waals surface area contributed by atoms with Crippen molar-refractivity contribution in [2.24, 2.45) is 7.05 Å². The summed E-state index contributed by atoms with van der Waals surface area (Å²) in [5.74, 6) is 0.552. The zero-order valence-electron chi connectivity index (χ0n) is 22.1. The molecule has 0 aliphatic carbocycles. The van der Waals surface area contributed by atoms with Crippen LogP contribution in [0.15, 0.2) is 79.4 Å². The van der Waals surface area contributed by atoms with Crippen molar-refractivity contribution in [1.82, 2.24) is 29.3 Å². The van der Waals surface area contributed by atoms with Crippen molar-refractivity contribution in [2.45, 2.75) is 12.5 Å². The Morgan fingerprint density at radius 3 is 2.42 bits per heavy atom. The third-order valence-corrected chi connectivity index (χ3v) is 7.27. The second-order valence-electron chi connectivity index (χ2n) is 9.91. The van der Waals surface area contributed by atoms with Gasteiger partial charge >= 0.3 is 0 Å². The lowest BCUT2D eigenvalue weighted by Gasteiger charge is -2.36. The average molecular weight is 533 g/mol. The van der Waals surface area contributed by atoms with E-state index in [1.807, 2.05) is 74.0 Å². The fourth-order valence-electron chi connectivity index (χ4n) is 5.11. The van der Waals surface area contributed by atoms with Gasteiger partial charge < -0.3 is 14.9 Å². The van der Waals surface area contributed by atoms with E-state index in [-0.39, 0.29) is 5.91 Å². The molecule has 5 heterocycles. The highest BCUT2D eigenvalue weighted by Crippen LogP contribution is 2.28. The van der Waals surface area contributed by atoms with E-state index in [1.165, 1.54) is 0 Å². The van der Waals surface area contributed by atoms with Gasteiger partial charge in [0.2, 0.25) is 0 Å². The summed E-state index contributed by atoms with van der Waals surface area (Å²) in [5.41, 5.74) is 5.41. The molecule has 0 radical (unpaired) electrons. The van der Waals surface area contributed by atoms with E-state index in [0.29, 0.717) is 43.9 Å². The third-order valence-electron chi connectivity index (χ3n) is 7.27. The lowest BCUT2D eigenvalue weighted by molar-refractivity contribution is -0.140. The number of nitrogens with zero attached hydrogens (tertiary/aromatic N) is 8. The third kappa shape index (κ3) is 4.90. The van der Waals surface area contributed by atoms with E-state index < -0.39 is 6.10 Å². The number of fused-ring (bicyclic) bond motifs is 1. The molecule has 40 heavy (non-hydrogen) atoms. The van der Waals surface area contributed by atoms with Gasteiger partial charge in [0.25, 0.3) is 5.91 Å². The van der Waals surface area contributed by atoms with Crippen LogP contribution in [0.25, 0.3) is 27.9 Å². The summed E-state index contributed by atoms with van der Waals surface area (Å²) >= 11 is 0. The van der Waals surface area contributed by atoms with Gasteiger partial charge in [0.15, 0.2) is 0 Å². The summed E-state index contributed by atoms with van der Waals surface area (Å²) in [7, 11) is 1.87. The molecular formula is C30H28N8O2. The van der Waals surface area contributed by atoms with E-state index >= 15 is 0 Å². The molecule has 0 bridgehead atoms. The van der Waals surface area contributed by atoms with Crippen LogP contribution in [-0.4, -0.2) is 72.6 Å². The van der Waals surface area contributed by atoms with Crippen LogP contribution in [-0.2, 0) is 18.3 Å². The maximum atomic E-state index is 12.8. The van der Waals surface area contributed by atoms with Gasteiger partial charge in [-0.1, -0.05) is 36.4 Å². The molecule has 1 saturated heterocycles. The van der Waals surface area contributed by atoms with Crippen molar-refractivity contribution in [1.29, 1.82) is 5.26 Å². The smallest absolute Gasteiger partial charge is 0.251 e. The Morgan fingerprint density at radius 1 is 0.975 bits per heavy atom. The predicted molar refractivity (Wildman–Crippen MR) is 150 cm³/mol. The van der Waals surface area contributed by atoms with E-state index in [2.05, 4.69) is 21.1 Å². The Hall–Kier alpha value is -5.01. The summed E-state index contributed by atoms with van der Waals surface area (Å²) in [6.07, 6.45) is 6.62. The number of carbonyl (C=O) groups is 1. The lowest BCUT2D eigenvalue weighted by Crippen LogP contribution is -2.52. The normalized spacial score (nSPS) is 14.3. The number of anilines is 1. The number of rotatable bonds is 6. The van der Waals surface area contributed by atoms with Gasteiger partial charge in [0, 0.05) is 74.9 Å². The molecule has 1 N–H and O–H groups in total. The van der Waals surface area contributed by atoms with Crippen LogP contribution in [0.2, 0.25) is 0 Å². The van der Waals surface area contributed by atoms with Gasteiger partial charge in [0.1, 0.15) is 29.2 Å². The number of benzene rings is 1. The van der Waals surface area contributed by atoms with Crippen molar-refractivity contribution >= 4 is 17.2 Å². The molecule has 1 aliphatic heterocycles. The second-order valence-corrected chi connectivity index (χ2v) is 9.91. The fraction of sp³-hybridized carbons (Fsp3) is 0.233. The Bertz CT molecular complexity index is 1690. The summed E-state index contributed by atoms with van der Waals surface area (Å²) < 4.78 is 3.47. The molecule has 10 nitrogen and oxygen atoms in total. The number of amides is 1. The number of hydrogen-bond acceptors (Lipinski definition) is 7. The quantitative estimate of drug-likeness (QED) is 0.358. The number of piperazine rings is 1. The van der Waals surface area contributed by atoms with E-state index in [1.54, 1.807) is 26.5 Å². The van der Waals surface area contributed by atoms with Crippen molar-refractivity contribution in [2.75, 3.05) is 31.1 Å². The highest BCUT2D eigenvalue weighted by atomic mass is 16.3. The van der Waals surface area contributed by atoms with Crippen molar-refractivity contribution < 1.29 is 9.90 Å². The van der Waals surface area contributed by atoms with Crippen molar-refractivity contribution in [3.63, 3.8) is 0 Å². The fourth-order valence-corrected chi connectivity index (χ4v) is 5.11. The van der Waals surface area contributed by atoms with Gasteiger partial charge in [0.05, 0.1) is 11.7 Å². The molecule has 10 heteroatoms. The summed E-state index contributed by atoms with van der Waals surface area (Å²) in [6.45, 7) is 2.26. The molecule has 4 aromatic heterocycles. The van der Waals surface area contributed by atoms with Gasteiger partial charge in [-0.3, -0.25) is 9.48 Å². The number of nitriles is 1. The first-order valence-corrected chi connectivity index (χ1v) is 13.1. The molecule has 1 unspecified atom stereocenters. The zero-order valence-corrected chi connectivity index (χ0v) is 22.1. The predicted octanol–water partition coefficient (Wildman–Crippen LogP) is 2.92. The Balaban J connectivity index is 1.14.